The number of hydrogen-bond donors (Lipinski definition) is 0. The molecule has 2 aromatic heterocycles. The fourth-order valence-corrected chi connectivity index (χ4v) is 3.94. The molecule has 4 rings (SSSR count). The van der Waals surface area contributed by atoms with Crippen molar-refractivity contribution >= 4 is 28.8 Å². The average molecular weight is 427 g/mol. The third-order valence-corrected chi connectivity index (χ3v) is 5.42. The number of carbonyl (C=O) groups is 1. The molecule has 0 N–H and O–H groups in total. The summed E-state index contributed by atoms with van der Waals surface area (Å²) in [4.78, 5) is 44.4. The molecule has 0 saturated carbocycles. The SMILES string of the molecule is CCOc1ccc(N2CC(C)Cn3c2nc2c3c(=O)n(CC(=O)OC)c(=O)n2C)cc1. The van der Waals surface area contributed by atoms with E-state index in [4.69, 9.17) is 4.74 Å². The van der Waals surface area contributed by atoms with Crippen LogP contribution in [0.25, 0.3) is 11.2 Å². The summed E-state index contributed by atoms with van der Waals surface area (Å²) >= 11 is 0. The highest BCUT2D eigenvalue weighted by Gasteiger charge is 2.30. The van der Waals surface area contributed by atoms with Gasteiger partial charge in [0.1, 0.15) is 12.3 Å². The van der Waals surface area contributed by atoms with Crippen molar-refractivity contribution < 1.29 is 14.3 Å². The van der Waals surface area contributed by atoms with Gasteiger partial charge in [0.05, 0.1) is 13.7 Å². The van der Waals surface area contributed by atoms with E-state index in [0.717, 1.165) is 16.0 Å². The maximum atomic E-state index is 13.2. The Hall–Kier alpha value is -3.56. The molecule has 0 aliphatic carbocycles. The van der Waals surface area contributed by atoms with Gasteiger partial charge in [0.15, 0.2) is 11.2 Å². The number of aromatic nitrogens is 4. The van der Waals surface area contributed by atoms with Gasteiger partial charge in [-0.15, -0.1) is 0 Å². The molecule has 10 heteroatoms. The summed E-state index contributed by atoms with van der Waals surface area (Å²) < 4.78 is 14.2. The lowest BCUT2D eigenvalue weighted by Gasteiger charge is -2.33. The number of methoxy groups -OCH3 is 1. The Morgan fingerprint density at radius 1 is 1.19 bits per heavy atom. The summed E-state index contributed by atoms with van der Waals surface area (Å²) in [6.45, 7) is 5.44. The van der Waals surface area contributed by atoms with E-state index in [2.05, 4.69) is 16.6 Å². The van der Waals surface area contributed by atoms with E-state index < -0.39 is 23.8 Å². The van der Waals surface area contributed by atoms with Gasteiger partial charge in [-0.05, 0) is 37.1 Å². The number of esters is 1. The second kappa shape index (κ2) is 7.93. The van der Waals surface area contributed by atoms with Crippen LogP contribution in [0.5, 0.6) is 5.75 Å². The van der Waals surface area contributed by atoms with Crippen LogP contribution in [0.4, 0.5) is 11.6 Å². The quantitative estimate of drug-likeness (QED) is 0.565. The highest BCUT2D eigenvalue weighted by molar-refractivity contribution is 5.77. The zero-order valence-electron chi connectivity index (χ0n) is 18.0. The highest BCUT2D eigenvalue weighted by Crippen LogP contribution is 2.33. The van der Waals surface area contributed by atoms with Gasteiger partial charge in [-0.2, -0.15) is 4.98 Å². The van der Waals surface area contributed by atoms with Crippen LogP contribution in [0.1, 0.15) is 13.8 Å². The first-order chi connectivity index (χ1) is 14.8. The van der Waals surface area contributed by atoms with Crippen LogP contribution in [-0.2, 0) is 29.7 Å². The van der Waals surface area contributed by atoms with Crippen LogP contribution in [-0.4, -0.2) is 44.9 Å². The van der Waals surface area contributed by atoms with Gasteiger partial charge in [0.25, 0.3) is 5.56 Å². The smallest absolute Gasteiger partial charge is 0.333 e. The van der Waals surface area contributed by atoms with Crippen molar-refractivity contribution in [1.29, 1.82) is 0 Å². The Bertz CT molecular complexity index is 1250. The predicted octanol–water partition coefficient (Wildman–Crippen LogP) is 1.26. The van der Waals surface area contributed by atoms with Crippen LogP contribution in [0.3, 0.4) is 0 Å². The van der Waals surface area contributed by atoms with Crippen LogP contribution in [0, 0.1) is 5.92 Å². The number of hydrogen-bond acceptors (Lipinski definition) is 7. The molecule has 0 fully saturated rings. The summed E-state index contributed by atoms with van der Waals surface area (Å²) in [6.07, 6.45) is 0. The van der Waals surface area contributed by atoms with E-state index in [9.17, 15) is 14.4 Å². The number of imidazole rings is 1. The fourth-order valence-electron chi connectivity index (χ4n) is 3.94. The number of rotatable bonds is 5. The highest BCUT2D eigenvalue weighted by atomic mass is 16.5. The fraction of sp³-hybridized carbons (Fsp3) is 0.429. The summed E-state index contributed by atoms with van der Waals surface area (Å²) in [7, 11) is 2.76. The maximum Gasteiger partial charge on any atom is 0.333 e. The maximum absolute atomic E-state index is 13.2. The van der Waals surface area contributed by atoms with E-state index in [1.54, 1.807) is 7.05 Å². The Morgan fingerprint density at radius 2 is 1.90 bits per heavy atom. The van der Waals surface area contributed by atoms with Crippen molar-refractivity contribution in [2.24, 2.45) is 13.0 Å². The van der Waals surface area contributed by atoms with Gasteiger partial charge in [0, 0.05) is 25.8 Å². The molecule has 3 heterocycles. The van der Waals surface area contributed by atoms with Crippen LogP contribution >= 0.6 is 0 Å². The number of carbonyl (C=O) groups excluding carboxylic acids is 1. The van der Waals surface area contributed by atoms with Crippen molar-refractivity contribution in [2.75, 3.05) is 25.2 Å². The summed E-state index contributed by atoms with van der Waals surface area (Å²) in [6, 6.07) is 7.68. The van der Waals surface area contributed by atoms with Gasteiger partial charge >= 0.3 is 11.7 Å². The largest absolute Gasteiger partial charge is 0.494 e. The van der Waals surface area contributed by atoms with E-state index >= 15 is 0 Å². The molecule has 0 radical (unpaired) electrons. The third kappa shape index (κ3) is 3.47. The molecule has 1 aromatic carbocycles. The average Bonchev–Trinajstić information content (AvgIpc) is 3.14. The van der Waals surface area contributed by atoms with Gasteiger partial charge in [0.2, 0.25) is 5.95 Å². The molecule has 164 valence electrons. The molecule has 0 saturated heterocycles. The lowest BCUT2D eigenvalue weighted by molar-refractivity contribution is -0.141. The molecule has 1 unspecified atom stereocenters. The van der Waals surface area contributed by atoms with Crippen molar-refractivity contribution in [2.45, 2.75) is 26.9 Å². The molecular formula is C21H25N5O5. The minimum atomic E-state index is -0.665. The number of benzene rings is 1. The van der Waals surface area contributed by atoms with Crippen molar-refractivity contribution in [3.8, 4) is 5.75 Å². The first-order valence-corrected chi connectivity index (χ1v) is 10.1. The van der Waals surface area contributed by atoms with E-state index in [1.807, 2.05) is 40.7 Å². The Morgan fingerprint density at radius 3 is 2.55 bits per heavy atom. The lowest BCUT2D eigenvalue weighted by atomic mass is 10.1. The van der Waals surface area contributed by atoms with Crippen molar-refractivity contribution in [1.82, 2.24) is 18.7 Å². The second-order valence-electron chi connectivity index (χ2n) is 7.65. The molecule has 0 spiro atoms. The first kappa shape index (κ1) is 20.7. The molecular weight excluding hydrogens is 402 g/mol. The summed E-state index contributed by atoms with van der Waals surface area (Å²) in [5, 5.41) is 0. The van der Waals surface area contributed by atoms with Gasteiger partial charge in [-0.25, -0.2) is 9.36 Å². The van der Waals surface area contributed by atoms with E-state index in [-0.39, 0.29) is 11.6 Å². The Labute approximate surface area is 178 Å². The van der Waals surface area contributed by atoms with Gasteiger partial charge in [-0.1, -0.05) is 6.92 Å². The molecule has 3 aromatic rings. The molecule has 0 bridgehead atoms. The number of anilines is 2. The molecule has 0 amide bonds. The molecule has 10 nitrogen and oxygen atoms in total. The van der Waals surface area contributed by atoms with E-state index in [1.165, 1.54) is 11.7 Å². The summed E-state index contributed by atoms with van der Waals surface area (Å²) in [5.74, 6) is 0.918. The van der Waals surface area contributed by atoms with Crippen molar-refractivity contribution in [3.05, 3.63) is 45.1 Å². The normalized spacial score (nSPS) is 15.7. The number of fused-ring (bicyclic) bond motifs is 3. The minimum absolute atomic E-state index is 0.224. The van der Waals surface area contributed by atoms with Gasteiger partial charge < -0.3 is 18.9 Å². The van der Waals surface area contributed by atoms with Crippen molar-refractivity contribution in [3.63, 3.8) is 0 Å². The number of ether oxygens (including phenoxy) is 2. The molecule has 31 heavy (non-hydrogen) atoms. The van der Waals surface area contributed by atoms with Crippen LogP contribution in [0.15, 0.2) is 33.9 Å². The van der Waals surface area contributed by atoms with Crippen LogP contribution in [0.2, 0.25) is 0 Å². The molecule has 1 aliphatic heterocycles. The van der Waals surface area contributed by atoms with E-state index in [0.29, 0.717) is 31.2 Å². The predicted molar refractivity (Wildman–Crippen MR) is 115 cm³/mol. The standard InChI is InChI=1S/C21H25N5O5/c1-5-31-15-8-6-14(7-9-15)24-10-13(2)11-25-17-18(22-20(24)25)23(3)21(29)26(19(17)28)12-16(27)30-4/h6-9,13H,5,10-12H2,1-4H3. The first-order valence-electron chi connectivity index (χ1n) is 10.1. The minimum Gasteiger partial charge on any atom is -0.494 e. The zero-order chi connectivity index (χ0) is 22.3. The third-order valence-electron chi connectivity index (χ3n) is 5.42. The summed E-state index contributed by atoms with van der Waals surface area (Å²) in [5.41, 5.74) is 0.327. The monoisotopic (exact) mass is 427 g/mol. The molecule has 1 aliphatic rings. The Kier molecular flexibility index (Phi) is 5.30. The lowest BCUT2D eigenvalue weighted by Crippen LogP contribution is -2.42. The zero-order valence-corrected chi connectivity index (χ0v) is 18.0. The van der Waals surface area contributed by atoms with Crippen LogP contribution < -0.4 is 20.9 Å². The second-order valence-corrected chi connectivity index (χ2v) is 7.65. The van der Waals surface area contributed by atoms with Gasteiger partial charge in [-0.3, -0.25) is 14.2 Å². The molecule has 1 atom stereocenters. The Balaban J connectivity index is 1.90. The number of aryl methyl sites for hydroxylation is 1. The topological polar surface area (TPSA) is 101 Å². The number of nitrogens with zero attached hydrogens (tertiary/aromatic N) is 5.